The quantitative estimate of drug-likeness (QED) is 0.0611. The van der Waals surface area contributed by atoms with Gasteiger partial charge in [-0.2, -0.15) is 8.42 Å². The summed E-state index contributed by atoms with van der Waals surface area (Å²) in [7, 11) is -4.58. The van der Waals surface area contributed by atoms with Gasteiger partial charge in [0, 0.05) is 16.5 Å². The molecule has 0 bridgehead atoms. The summed E-state index contributed by atoms with van der Waals surface area (Å²) in [4.78, 5) is 10.5. The molecule has 0 aliphatic heterocycles. The van der Waals surface area contributed by atoms with Crippen LogP contribution in [0.3, 0.4) is 0 Å². The van der Waals surface area contributed by atoms with Gasteiger partial charge in [0.1, 0.15) is 23.5 Å². The number of pyridine rings is 1. The molecule has 6 rings (SSSR count). The van der Waals surface area contributed by atoms with E-state index in [1.807, 2.05) is 93.6 Å². The van der Waals surface area contributed by atoms with Gasteiger partial charge >= 0.3 is 10.4 Å². The van der Waals surface area contributed by atoms with E-state index in [-0.39, 0.29) is 19.8 Å². The van der Waals surface area contributed by atoms with Crippen LogP contribution in [0.15, 0.2) is 114 Å². The molecule has 0 radical (unpaired) electrons. The van der Waals surface area contributed by atoms with Gasteiger partial charge in [0.05, 0.1) is 36.4 Å². The van der Waals surface area contributed by atoms with Gasteiger partial charge < -0.3 is 19.4 Å². The predicted octanol–water partition coefficient (Wildman–Crippen LogP) is 7.90. The van der Waals surface area contributed by atoms with Crippen LogP contribution in [0.25, 0.3) is 21.9 Å². The molecule has 0 fully saturated rings. The lowest BCUT2D eigenvalue weighted by atomic mass is 9.77. The van der Waals surface area contributed by atoms with Crippen molar-refractivity contribution in [3.05, 3.63) is 136 Å². The van der Waals surface area contributed by atoms with Crippen molar-refractivity contribution in [1.82, 2.24) is 14.5 Å². The number of hydrogen-bond acceptors (Lipinski definition) is 8. The summed E-state index contributed by atoms with van der Waals surface area (Å²) in [5, 5.41) is 4.83. The van der Waals surface area contributed by atoms with Gasteiger partial charge in [-0.05, 0) is 55.7 Å². The Hall–Kier alpha value is -4.17. The summed E-state index contributed by atoms with van der Waals surface area (Å²) in [5.41, 5.74) is 3.66. The van der Waals surface area contributed by atoms with Crippen molar-refractivity contribution in [1.29, 1.82) is 0 Å². The number of anilines is 1. The minimum absolute atomic E-state index is 0.0595. The van der Waals surface area contributed by atoms with Gasteiger partial charge in [-0.1, -0.05) is 107 Å². The Morgan fingerprint density at radius 2 is 1.42 bits per heavy atom. The smallest absolute Gasteiger partial charge is 0.374 e. The van der Waals surface area contributed by atoms with Gasteiger partial charge in [-0.25, -0.2) is 14.2 Å². The number of halogens is 1. The second-order valence-corrected chi connectivity index (χ2v) is 14.4. The fraction of sp³-hybridized carbons (Fsp3) is 0.263. The minimum Gasteiger partial charge on any atom is -0.374 e. The highest BCUT2D eigenvalue weighted by Gasteiger charge is 2.38. The fourth-order valence-electron chi connectivity index (χ4n) is 6.31. The van der Waals surface area contributed by atoms with Crippen LogP contribution in [0.5, 0.6) is 0 Å². The molecule has 0 amide bonds. The molecule has 0 aliphatic carbocycles. The number of ether oxygens (including phenoxy) is 2. The molecule has 2 heterocycles. The lowest BCUT2D eigenvalue weighted by Crippen LogP contribution is -2.38. The van der Waals surface area contributed by atoms with E-state index in [2.05, 4.69) is 66.4 Å². The second kappa shape index (κ2) is 15.0. The van der Waals surface area contributed by atoms with E-state index in [1.165, 1.54) is 0 Å². The van der Waals surface area contributed by atoms with Crippen molar-refractivity contribution in [2.75, 3.05) is 25.1 Å². The number of rotatable bonds is 15. The molecule has 0 spiro atoms. The third-order valence-corrected chi connectivity index (χ3v) is 9.38. The highest BCUT2D eigenvalue weighted by Crippen LogP contribution is 2.42. The first-order chi connectivity index (χ1) is 24.0. The zero-order valence-corrected chi connectivity index (χ0v) is 30.4. The molecule has 50 heavy (non-hydrogen) atoms. The monoisotopic (exact) mass is 758 g/mol. The number of nitrogens with zero attached hydrogens (tertiary/aromatic N) is 3. The first-order valence-electron chi connectivity index (χ1n) is 16.3. The summed E-state index contributed by atoms with van der Waals surface area (Å²) in [6.07, 6.45) is 0. The zero-order chi connectivity index (χ0) is 35.4. The molecule has 0 aliphatic rings. The van der Waals surface area contributed by atoms with Gasteiger partial charge in [0.25, 0.3) is 0 Å². The van der Waals surface area contributed by atoms with E-state index in [1.54, 1.807) is 0 Å². The zero-order valence-electron chi connectivity index (χ0n) is 28.0. The molecule has 260 valence electrons. The van der Waals surface area contributed by atoms with Crippen molar-refractivity contribution >= 4 is 54.1 Å². The van der Waals surface area contributed by atoms with E-state index in [0.29, 0.717) is 30.3 Å². The molecule has 12 heteroatoms. The van der Waals surface area contributed by atoms with Crippen LogP contribution in [0.1, 0.15) is 43.3 Å². The molecule has 0 atom stereocenters. The van der Waals surface area contributed by atoms with Crippen molar-refractivity contribution in [2.24, 2.45) is 0 Å². The predicted molar refractivity (Wildman–Crippen MR) is 198 cm³/mol. The molecule has 10 nitrogen and oxygen atoms in total. The number of benzene rings is 4. The third-order valence-electron chi connectivity index (χ3n) is 8.43. The molecule has 2 N–H and O–H groups in total. The molecular formula is C38H39BrN4O6S. The second-order valence-electron chi connectivity index (χ2n) is 12.4. The highest BCUT2D eigenvalue weighted by atomic mass is 79.9. The number of nitrogens with one attached hydrogen (secondary N) is 1. The summed E-state index contributed by atoms with van der Waals surface area (Å²) in [6.45, 7) is 6.43. The van der Waals surface area contributed by atoms with Crippen molar-refractivity contribution in [3.8, 4) is 0 Å². The van der Waals surface area contributed by atoms with Crippen molar-refractivity contribution in [2.45, 2.75) is 45.1 Å². The van der Waals surface area contributed by atoms with E-state index in [9.17, 15) is 8.42 Å². The van der Waals surface area contributed by atoms with Crippen LogP contribution in [-0.2, 0) is 42.7 Å². The summed E-state index contributed by atoms with van der Waals surface area (Å²) in [5.74, 6) is 1.26. The number of aromatic nitrogens is 3. The molecule has 0 saturated heterocycles. The van der Waals surface area contributed by atoms with Crippen LogP contribution in [0.4, 0.5) is 5.82 Å². The van der Waals surface area contributed by atoms with E-state index < -0.39 is 21.5 Å². The maximum Gasteiger partial charge on any atom is 0.397 e. The fourth-order valence-corrected chi connectivity index (χ4v) is 6.94. The molecule has 2 aromatic heterocycles. The van der Waals surface area contributed by atoms with Gasteiger partial charge in [-0.15, -0.1) is 0 Å². The Morgan fingerprint density at radius 1 is 0.840 bits per heavy atom. The van der Waals surface area contributed by atoms with E-state index in [0.717, 1.165) is 37.6 Å². The Bertz CT molecular complexity index is 2080. The maximum atomic E-state index is 11.1. The lowest BCUT2D eigenvalue weighted by molar-refractivity contribution is -0.0411. The first-order valence-corrected chi connectivity index (χ1v) is 18.4. The Labute approximate surface area is 300 Å². The average Bonchev–Trinajstić information content (AvgIpc) is 3.46. The Morgan fingerprint density at radius 3 is 1.96 bits per heavy atom. The molecule has 0 saturated carbocycles. The van der Waals surface area contributed by atoms with Gasteiger partial charge in [0.15, 0.2) is 5.82 Å². The van der Waals surface area contributed by atoms with Gasteiger partial charge in [-0.3, -0.25) is 4.55 Å². The summed E-state index contributed by atoms with van der Waals surface area (Å²) < 4.78 is 50.7. The Balaban J connectivity index is 1.58. The Kier molecular flexibility index (Phi) is 10.7. The largest absolute Gasteiger partial charge is 0.397 e. The standard InChI is InChI=1S/C38H39BrN4O6S/c1-4-47-25-33-41-34-35(43(33)26-37(2,3)48-22-23-49-50(44,45)46)31-21-20-30(39)24-32(31)40-36(34)42-38(27-14-8-5-9-15-27,28-16-10-6-11-17-28)29-18-12-7-13-19-29/h5-21,24H,4,22-23,25-26H2,1-3H3,(H,40,42)(H,44,45,46). The van der Waals surface area contributed by atoms with Crippen LogP contribution >= 0.6 is 15.9 Å². The molecule has 4 aromatic carbocycles. The first kappa shape index (κ1) is 35.6. The minimum atomic E-state index is -4.58. The van der Waals surface area contributed by atoms with Crippen LogP contribution in [-0.4, -0.2) is 52.9 Å². The molecular weight excluding hydrogens is 720 g/mol. The third kappa shape index (κ3) is 7.75. The maximum absolute atomic E-state index is 11.1. The van der Waals surface area contributed by atoms with Crippen LogP contribution in [0.2, 0.25) is 0 Å². The average molecular weight is 760 g/mol. The lowest BCUT2D eigenvalue weighted by Gasteiger charge is -2.37. The van der Waals surface area contributed by atoms with Crippen molar-refractivity contribution in [3.63, 3.8) is 0 Å². The number of imidazole rings is 1. The summed E-state index contributed by atoms with van der Waals surface area (Å²) >= 11 is 3.65. The SMILES string of the molecule is CCOCc1nc2c(NC(c3ccccc3)(c3ccccc3)c3ccccc3)nc3cc(Br)ccc3c2n1CC(C)(C)OCCOS(=O)(=O)O. The number of fused-ring (bicyclic) bond motifs is 3. The van der Waals surface area contributed by atoms with Crippen LogP contribution < -0.4 is 5.32 Å². The van der Waals surface area contributed by atoms with Crippen molar-refractivity contribution < 1.29 is 26.6 Å². The van der Waals surface area contributed by atoms with E-state index in [4.69, 9.17) is 24.0 Å². The highest BCUT2D eigenvalue weighted by molar-refractivity contribution is 9.10. The van der Waals surface area contributed by atoms with Crippen LogP contribution in [0, 0.1) is 0 Å². The topological polar surface area (TPSA) is 125 Å². The number of hydrogen-bond donors (Lipinski definition) is 2. The van der Waals surface area contributed by atoms with E-state index >= 15 is 0 Å². The molecule has 0 unspecified atom stereocenters. The normalized spacial score (nSPS) is 12.5. The van der Waals surface area contributed by atoms with Gasteiger partial charge in [0.2, 0.25) is 0 Å². The molecule has 6 aromatic rings. The summed E-state index contributed by atoms with van der Waals surface area (Å²) in [6, 6.07) is 36.9.